The van der Waals surface area contributed by atoms with Gasteiger partial charge >= 0.3 is 0 Å². The van der Waals surface area contributed by atoms with Gasteiger partial charge in [-0.2, -0.15) is 0 Å². The van der Waals surface area contributed by atoms with E-state index in [1.807, 2.05) is 6.08 Å². The molecule has 0 radical (unpaired) electrons. The van der Waals surface area contributed by atoms with Crippen LogP contribution in [-0.4, -0.2) is 6.54 Å². The van der Waals surface area contributed by atoms with Gasteiger partial charge in [0.25, 0.3) is 0 Å². The smallest absolute Gasteiger partial charge is 0.0701 e. The van der Waals surface area contributed by atoms with Crippen molar-refractivity contribution in [2.45, 2.75) is 32.2 Å². The predicted molar refractivity (Wildman–Crippen MR) is 72.5 cm³/mol. The molecular weight excluding hydrogens is 270 g/mol. The molecule has 0 aromatic carbocycles. The number of thiophene rings is 1. The van der Waals surface area contributed by atoms with E-state index in [1.165, 1.54) is 15.8 Å². The average Bonchev–Trinajstić information content (AvgIpc) is 2.65. The van der Waals surface area contributed by atoms with Crippen LogP contribution in [0.3, 0.4) is 0 Å². The van der Waals surface area contributed by atoms with Crippen molar-refractivity contribution in [1.82, 2.24) is 5.32 Å². The van der Waals surface area contributed by atoms with Gasteiger partial charge in [0, 0.05) is 6.04 Å². The second-order valence-electron chi connectivity index (χ2n) is 3.56. The van der Waals surface area contributed by atoms with Gasteiger partial charge < -0.3 is 5.32 Å². The maximum absolute atomic E-state index is 3.78. The van der Waals surface area contributed by atoms with Crippen LogP contribution in [-0.2, 0) is 0 Å². The molecule has 0 saturated heterocycles. The van der Waals surface area contributed by atoms with E-state index in [4.69, 9.17) is 0 Å². The minimum atomic E-state index is 0.477. The van der Waals surface area contributed by atoms with Crippen LogP contribution in [0.5, 0.6) is 0 Å². The standard InChI is InChI=1S/C12H18BrNS/c1-3-5-6-11(14-7-4-2)10-8-12(13)15-9-10/h3,8-9,11,14H,1,4-7H2,2H3. The fourth-order valence-electron chi connectivity index (χ4n) is 1.50. The molecule has 0 aliphatic carbocycles. The van der Waals surface area contributed by atoms with Crippen molar-refractivity contribution >= 4 is 27.3 Å². The van der Waals surface area contributed by atoms with Crippen LogP contribution in [0, 0.1) is 0 Å². The monoisotopic (exact) mass is 287 g/mol. The molecule has 0 aliphatic rings. The summed E-state index contributed by atoms with van der Waals surface area (Å²) in [7, 11) is 0. The van der Waals surface area contributed by atoms with Crippen LogP contribution in [0.15, 0.2) is 27.9 Å². The lowest BCUT2D eigenvalue weighted by molar-refractivity contribution is 0.504. The van der Waals surface area contributed by atoms with Crippen LogP contribution in [0.2, 0.25) is 0 Å². The third kappa shape index (κ3) is 4.49. The molecule has 0 saturated carbocycles. The summed E-state index contributed by atoms with van der Waals surface area (Å²) in [4.78, 5) is 0. The van der Waals surface area contributed by atoms with Gasteiger partial charge in [-0.3, -0.25) is 0 Å². The van der Waals surface area contributed by atoms with E-state index in [2.05, 4.69) is 46.2 Å². The van der Waals surface area contributed by atoms with E-state index in [9.17, 15) is 0 Å². The Balaban J connectivity index is 2.58. The first-order valence-corrected chi connectivity index (χ1v) is 7.03. The van der Waals surface area contributed by atoms with Crippen molar-refractivity contribution in [3.05, 3.63) is 33.5 Å². The lowest BCUT2D eigenvalue weighted by Crippen LogP contribution is -2.21. The maximum atomic E-state index is 3.78. The normalized spacial score (nSPS) is 12.7. The molecule has 1 unspecified atom stereocenters. The average molecular weight is 288 g/mol. The Kier molecular flexibility index (Phi) is 6.22. The van der Waals surface area contributed by atoms with E-state index in [-0.39, 0.29) is 0 Å². The molecule has 1 atom stereocenters. The molecule has 1 N–H and O–H groups in total. The van der Waals surface area contributed by atoms with Crippen molar-refractivity contribution < 1.29 is 0 Å². The summed E-state index contributed by atoms with van der Waals surface area (Å²) in [6.45, 7) is 7.05. The summed E-state index contributed by atoms with van der Waals surface area (Å²) in [5.74, 6) is 0. The summed E-state index contributed by atoms with van der Waals surface area (Å²) in [6.07, 6.45) is 5.36. The molecule has 15 heavy (non-hydrogen) atoms. The van der Waals surface area contributed by atoms with Crippen molar-refractivity contribution in [3.63, 3.8) is 0 Å². The fraction of sp³-hybridized carbons (Fsp3) is 0.500. The molecule has 0 fully saturated rings. The fourth-order valence-corrected chi connectivity index (χ4v) is 2.73. The summed E-state index contributed by atoms with van der Waals surface area (Å²) in [5, 5.41) is 5.79. The Labute approximate surface area is 105 Å². The molecule has 0 bridgehead atoms. The van der Waals surface area contributed by atoms with Gasteiger partial charge in [0.2, 0.25) is 0 Å². The zero-order valence-corrected chi connectivity index (χ0v) is 11.5. The molecule has 1 rings (SSSR count). The molecular formula is C12H18BrNS. The number of allylic oxidation sites excluding steroid dienone is 1. The molecule has 1 aromatic heterocycles. The van der Waals surface area contributed by atoms with Crippen LogP contribution >= 0.6 is 27.3 Å². The first-order valence-electron chi connectivity index (χ1n) is 5.36. The second kappa shape index (κ2) is 7.20. The highest BCUT2D eigenvalue weighted by atomic mass is 79.9. The van der Waals surface area contributed by atoms with Crippen LogP contribution in [0.25, 0.3) is 0 Å². The highest BCUT2D eigenvalue weighted by Crippen LogP contribution is 2.27. The Bertz CT molecular complexity index is 296. The number of nitrogens with one attached hydrogen (secondary N) is 1. The van der Waals surface area contributed by atoms with E-state index < -0.39 is 0 Å². The number of hydrogen-bond acceptors (Lipinski definition) is 2. The number of halogens is 1. The maximum Gasteiger partial charge on any atom is 0.0701 e. The largest absolute Gasteiger partial charge is 0.310 e. The lowest BCUT2D eigenvalue weighted by atomic mass is 10.1. The Morgan fingerprint density at radius 3 is 3.00 bits per heavy atom. The van der Waals surface area contributed by atoms with E-state index >= 15 is 0 Å². The molecule has 1 nitrogen and oxygen atoms in total. The zero-order chi connectivity index (χ0) is 11.1. The summed E-state index contributed by atoms with van der Waals surface area (Å²) < 4.78 is 1.21. The third-order valence-electron chi connectivity index (χ3n) is 2.29. The topological polar surface area (TPSA) is 12.0 Å². The van der Waals surface area contributed by atoms with Crippen LogP contribution in [0.4, 0.5) is 0 Å². The highest BCUT2D eigenvalue weighted by molar-refractivity contribution is 9.11. The molecule has 1 aromatic rings. The first kappa shape index (κ1) is 12.9. The second-order valence-corrected chi connectivity index (χ2v) is 5.85. The Hall–Kier alpha value is -0.120. The molecule has 0 amide bonds. The lowest BCUT2D eigenvalue weighted by Gasteiger charge is -2.16. The minimum Gasteiger partial charge on any atom is -0.310 e. The minimum absolute atomic E-state index is 0.477. The van der Waals surface area contributed by atoms with Gasteiger partial charge in [0.15, 0.2) is 0 Å². The van der Waals surface area contributed by atoms with Crippen LogP contribution in [0.1, 0.15) is 37.8 Å². The molecule has 1 heterocycles. The summed E-state index contributed by atoms with van der Waals surface area (Å²) >= 11 is 5.26. The van der Waals surface area contributed by atoms with Gasteiger partial charge in [-0.25, -0.2) is 0 Å². The summed E-state index contributed by atoms with van der Waals surface area (Å²) in [5.41, 5.74) is 1.39. The molecule has 84 valence electrons. The molecule has 3 heteroatoms. The van der Waals surface area contributed by atoms with Crippen molar-refractivity contribution in [2.75, 3.05) is 6.54 Å². The van der Waals surface area contributed by atoms with E-state index in [0.717, 1.165) is 19.4 Å². The summed E-state index contributed by atoms with van der Waals surface area (Å²) in [6, 6.07) is 2.69. The Morgan fingerprint density at radius 2 is 2.47 bits per heavy atom. The number of hydrogen-bond donors (Lipinski definition) is 1. The van der Waals surface area contributed by atoms with E-state index in [0.29, 0.717) is 6.04 Å². The van der Waals surface area contributed by atoms with Gasteiger partial charge in [0.1, 0.15) is 0 Å². The van der Waals surface area contributed by atoms with Crippen molar-refractivity contribution in [3.8, 4) is 0 Å². The first-order chi connectivity index (χ1) is 7.27. The Morgan fingerprint density at radius 1 is 1.67 bits per heavy atom. The van der Waals surface area contributed by atoms with Crippen molar-refractivity contribution in [2.24, 2.45) is 0 Å². The quantitative estimate of drug-likeness (QED) is 0.727. The van der Waals surface area contributed by atoms with E-state index in [1.54, 1.807) is 11.3 Å². The van der Waals surface area contributed by atoms with Gasteiger partial charge in [-0.05, 0) is 58.7 Å². The molecule has 0 aliphatic heterocycles. The SMILES string of the molecule is C=CCCC(NCCC)c1csc(Br)c1. The molecule has 0 spiro atoms. The number of rotatable bonds is 7. The van der Waals surface area contributed by atoms with Gasteiger partial charge in [-0.1, -0.05) is 13.0 Å². The van der Waals surface area contributed by atoms with Gasteiger partial charge in [-0.15, -0.1) is 17.9 Å². The van der Waals surface area contributed by atoms with Gasteiger partial charge in [0.05, 0.1) is 3.79 Å². The predicted octanol–water partition coefficient (Wildman–Crippen LogP) is 4.52. The van der Waals surface area contributed by atoms with Crippen LogP contribution < -0.4 is 5.32 Å². The zero-order valence-electron chi connectivity index (χ0n) is 9.13. The van der Waals surface area contributed by atoms with Crippen molar-refractivity contribution in [1.29, 1.82) is 0 Å². The highest BCUT2D eigenvalue weighted by Gasteiger charge is 2.10. The third-order valence-corrected chi connectivity index (χ3v) is 3.81.